The van der Waals surface area contributed by atoms with Crippen LogP contribution in [0.3, 0.4) is 0 Å². The van der Waals surface area contributed by atoms with E-state index >= 15 is 0 Å². The monoisotopic (exact) mass is 453 g/mol. The van der Waals surface area contributed by atoms with Gasteiger partial charge in [-0.1, -0.05) is 35.2 Å². The molecule has 0 radical (unpaired) electrons. The average molecular weight is 454 g/mol. The number of nitrogens with one attached hydrogen (secondary N) is 1. The molecular weight excluding hydrogens is 430 g/mol. The van der Waals surface area contributed by atoms with Gasteiger partial charge < -0.3 is 0 Å². The van der Waals surface area contributed by atoms with Crippen LogP contribution < -0.4 is 4.72 Å². The Morgan fingerprint density at radius 3 is 2.52 bits per heavy atom. The molecule has 0 atom stereocenters. The van der Waals surface area contributed by atoms with E-state index in [2.05, 4.69) is 15.9 Å². The summed E-state index contributed by atoms with van der Waals surface area (Å²) in [5.74, 6) is -0.0769. The Kier molecular flexibility index (Phi) is 6.37. The first-order chi connectivity index (χ1) is 12.8. The zero-order valence-electron chi connectivity index (χ0n) is 15.3. The molecular formula is C19H24BrN3O3S. The van der Waals surface area contributed by atoms with Crippen molar-refractivity contribution in [3.63, 3.8) is 0 Å². The minimum Gasteiger partial charge on any atom is -0.274 e. The maximum absolute atomic E-state index is 11.9. The van der Waals surface area contributed by atoms with E-state index in [1.165, 1.54) is 19.3 Å². The first-order valence-electron chi connectivity index (χ1n) is 9.17. The molecule has 1 aromatic carbocycles. The summed E-state index contributed by atoms with van der Waals surface area (Å²) >= 11 is 3.44. The van der Waals surface area contributed by atoms with Crippen LogP contribution in [0.25, 0.3) is 5.69 Å². The Labute approximate surface area is 168 Å². The van der Waals surface area contributed by atoms with Crippen LogP contribution in [-0.4, -0.2) is 30.4 Å². The normalized spacial score (nSPS) is 15.6. The first kappa shape index (κ1) is 20.1. The van der Waals surface area contributed by atoms with Crippen LogP contribution in [-0.2, 0) is 21.2 Å². The fraction of sp³-hybridized carbons (Fsp3) is 0.474. The number of aryl methyl sites for hydroxylation is 1. The zero-order valence-corrected chi connectivity index (χ0v) is 17.7. The summed E-state index contributed by atoms with van der Waals surface area (Å²) in [6.45, 7) is 0. The Morgan fingerprint density at radius 1 is 1.22 bits per heavy atom. The first-order valence-corrected chi connectivity index (χ1v) is 11.9. The van der Waals surface area contributed by atoms with Crippen LogP contribution in [0.2, 0.25) is 0 Å². The molecule has 2 aromatic rings. The Balaban J connectivity index is 1.83. The zero-order chi connectivity index (χ0) is 19.4. The molecule has 1 heterocycles. The highest BCUT2D eigenvalue weighted by molar-refractivity contribution is 9.10. The van der Waals surface area contributed by atoms with Crippen LogP contribution in [0.5, 0.6) is 0 Å². The van der Waals surface area contributed by atoms with Crippen molar-refractivity contribution in [2.45, 2.75) is 50.9 Å². The maximum Gasteiger partial charge on any atom is 0.233 e. The van der Waals surface area contributed by atoms with E-state index < -0.39 is 15.9 Å². The predicted molar refractivity (Wildman–Crippen MR) is 108 cm³/mol. The van der Waals surface area contributed by atoms with E-state index in [0.717, 1.165) is 40.5 Å². The summed E-state index contributed by atoms with van der Waals surface area (Å²) in [4.78, 5) is 11.9. The van der Waals surface area contributed by atoms with Crippen molar-refractivity contribution in [1.82, 2.24) is 14.5 Å². The van der Waals surface area contributed by atoms with Crippen molar-refractivity contribution >= 4 is 31.9 Å². The summed E-state index contributed by atoms with van der Waals surface area (Å²) in [6, 6.07) is 7.91. The topological polar surface area (TPSA) is 81.1 Å². The Morgan fingerprint density at radius 2 is 1.89 bits per heavy atom. The van der Waals surface area contributed by atoms with Gasteiger partial charge in [-0.3, -0.25) is 9.52 Å². The molecule has 146 valence electrons. The van der Waals surface area contributed by atoms with Crippen LogP contribution in [0.1, 0.15) is 55.7 Å². The van der Waals surface area contributed by atoms with Gasteiger partial charge in [0.15, 0.2) is 0 Å². The van der Waals surface area contributed by atoms with Crippen LogP contribution >= 0.6 is 15.9 Å². The van der Waals surface area contributed by atoms with Crippen molar-refractivity contribution < 1.29 is 13.2 Å². The van der Waals surface area contributed by atoms with Crippen molar-refractivity contribution in [2.24, 2.45) is 0 Å². The molecule has 0 spiro atoms. The standard InChI is InChI=1S/C19H24BrN3O3S/c1-27(25,26)22-18(24)12-7-15-13-23(17-10-8-16(20)9-11-17)21-19(15)14-5-3-2-4-6-14/h8-11,13-14H,2-7,12H2,1H3,(H,22,24). The quantitative estimate of drug-likeness (QED) is 0.722. The molecule has 0 bridgehead atoms. The van der Waals surface area contributed by atoms with E-state index in [1.807, 2.05) is 39.9 Å². The number of aromatic nitrogens is 2. The molecule has 6 nitrogen and oxygen atoms in total. The largest absolute Gasteiger partial charge is 0.274 e. The predicted octanol–water partition coefficient (Wildman–Crippen LogP) is 3.69. The number of rotatable bonds is 6. The van der Waals surface area contributed by atoms with Gasteiger partial charge in [0.25, 0.3) is 0 Å². The lowest BCUT2D eigenvalue weighted by atomic mass is 9.85. The summed E-state index contributed by atoms with van der Waals surface area (Å²) in [6.07, 6.45) is 9.44. The molecule has 0 aliphatic heterocycles. The van der Waals surface area contributed by atoms with E-state index in [4.69, 9.17) is 5.10 Å². The number of carbonyl (C=O) groups is 1. The SMILES string of the molecule is CS(=O)(=O)NC(=O)CCc1cn(-c2ccc(Br)cc2)nc1C1CCCCC1. The third-order valence-electron chi connectivity index (χ3n) is 4.83. The molecule has 1 fully saturated rings. The third-order valence-corrected chi connectivity index (χ3v) is 5.95. The fourth-order valence-corrected chi connectivity index (χ4v) is 4.35. The number of amides is 1. The molecule has 8 heteroatoms. The lowest BCUT2D eigenvalue weighted by Gasteiger charge is -2.20. The average Bonchev–Trinajstić information content (AvgIpc) is 3.04. The number of nitrogens with zero attached hydrogens (tertiary/aromatic N) is 2. The van der Waals surface area contributed by atoms with Gasteiger partial charge in [-0.15, -0.1) is 0 Å². The molecule has 1 aliphatic rings. The molecule has 1 aliphatic carbocycles. The maximum atomic E-state index is 11.9. The molecule has 1 N–H and O–H groups in total. The van der Waals surface area contributed by atoms with Crippen molar-refractivity contribution in [3.05, 3.63) is 46.2 Å². The molecule has 1 aromatic heterocycles. The van der Waals surface area contributed by atoms with E-state index in [9.17, 15) is 13.2 Å². The molecule has 1 amide bonds. The van der Waals surface area contributed by atoms with Crippen molar-refractivity contribution in [1.29, 1.82) is 0 Å². The number of hydrogen-bond acceptors (Lipinski definition) is 4. The van der Waals surface area contributed by atoms with Gasteiger partial charge in [0, 0.05) is 23.0 Å². The van der Waals surface area contributed by atoms with Crippen LogP contribution in [0.4, 0.5) is 0 Å². The van der Waals surface area contributed by atoms with Gasteiger partial charge >= 0.3 is 0 Å². The highest BCUT2D eigenvalue weighted by Gasteiger charge is 2.23. The van der Waals surface area contributed by atoms with Gasteiger partial charge in [-0.25, -0.2) is 13.1 Å². The van der Waals surface area contributed by atoms with Crippen LogP contribution in [0, 0.1) is 0 Å². The van der Waals surface area contributed by atoms with Crippen LogP contribution in [0.15, 0.2) is 34.9 Å². The van der Waals surface area contributed by atoms with Gasteiger partial charge in [-0.05, 0) is 49.1 Å². The third kappa shape index (κ3) is 5.65. The number of hydrogen-bond donors (Lipinski definition) is 1. The number of sulfonamides is 1. The smallest absolute Gasteiger partial charge is 0.233 e. The minimum atomic E-state index is -3.53. The highest BCUT2D eigenvalue weighted by atomic mass is 79.9. The van der Waals surface area contributed by atoms with Gasteiger partial charge in [-0.2, -0.15) is 5.10 Å². The molecule has 3 rings (SSSR count). The fourth-order valence-electron chi connectivity index (χ4n) is 3.57. The second kappa shape index (κ2) is 8.56. The lowest BCUT2D eigenvalue weighted by molar-refractivity contribution is -0.119. The molecule has 0 unspecified atom stereocenters. The second-order valence-corrected chi connectivity index (χ2v) is 9.76. The van der Waals surface area contributed by atoms with E-state index in [0.29, 0.717) is 12.3 Å². The van der Waals surface area contributed by atoms with Gasteiger partial charge in [0.05, 0.1) is 17.6 Å². The second-order valence-electron chi connectivity index (χ2n) is 7.09. The summed E-state index contributed by atoms with van der Waals surface area (Å²) < 4.78 is 27.4. The Bertz CT molecular complexity index is 901. The number of halogens is 1. The van der Waals surface area contributed by atoms with Crippen molar-refractivity contribution in [3.8, 4) is 5.69 Å². The van der Waals surface area contributed by atoms with Gasteiger partial charge in [0.1, 0.15) is 0 Å². The number of carbonyl (C=O) groups excluding carboxylic acids is 1. The Hall–Kier alpha value is -1.67. The highest BCUT2D eigenvalue weighted by Crippen LogP contribution is 2.34. The van der Waals surface area contributed by atoms with E-state index in [-0.39, 0.29) is 6.42 Å². The lowest BCUT2D eigenvalue weighted by Crippen LogP contribution is -2.29. The molecule has 0 saturated heterocycles. The molecule has 1 saturated carbocycles. The molecule has 27 heavy (non-hydrogen) atoms. The summed E-state index contributed by atoms with van der Waals surface area (Å²) in [7, 11) is -3.53. The number of benzene rings is 1. The minimum absolute atomic E-state index is 0.124. The summed E-state index contributed by atoms with van der Waals surface area (Å²) in [5, 5.41) is 4.84. The summed E-state index contributed by atoms with van der Waals surface area (Å²) in [5.41, 5.74) is 3.03. The van der Waals surface area contributed by atoms with Gasteiger partial charge in [0.2, 0.25) is 15.9 Å². The van der Waals surface area contributed by atoms with E-state index in [1.54, 1.807) is 0 Å². The van der Waals surface area contributed by atoms with Crippen molar-refractivity contribution in [2.75, 3.05) is 6.26 Å².